The van der Waals surface area contributed by atoms with Gasteiger partial charge in [-0.25, -0.2) is 4.68 Å². The van der Waals surface area contributed by atoms with E-state index in [4.69, 9.17) is 0 Å². The molecular formula is C14H25N5OS. The highest BCUT2D eigenvalue weighted by Gasteiger charge is 2.24. The monoisotopic (exact) mass is 311 g/mol. The minimum Gasteiger partial charge on any atom is -0.353 e. The van der Waals surface area contributed by atoms with Crippen molar-refractivity contribution in [1.29, 1.82) is 0 Å². The minimum atomic E-state index is -0.185. The number of thioether (sulfide) groups is 1. The van der Waals surface area contributed by atoms with Crippen LogP contribution in [0.5, 0.6) is 0 Å². The third kappa shape index (κ3) is 4.43. The molecule has 1 N–H and O–H groups in total. The Morgan fingerprint density at radius 3 is 2.81 bits per heavy atom. The van der Waals surface area contributed by atoms with Gasteiger partial charge in [-0.3, -0.25) is 4.79 Å². The Bertz CT molecular complexity index is 458. The first-order valence-corrected chi connectivity index (χ1v) is 8.74. The number of amides is 1. The summed E-state index contributed by atoms with van der Waals surface area (Å²) in [5.74, 6) is 0.0573. The Kier molecular flexibility index (Phi) is 6.02. The summed E-state index contributed by atoms with van der Waals surface area (Å²) >= 11 is 1.45. The van der Waals surface area contributed by atoms with Crippen LogP contribution in [0.15, 0.2) is 5.16 Å². The first-order chi connectivity index (χ1) is 10.1. The predicted molar refractivity (Wildman–Crippen MR) is 83.2 cm³/mol. The van der Waals surface area contributed by atoms with Gasteiger partial charge in [-0.05, 0) is 43.5 Å². The Hall–Kier alpha value is -1.11. The number of tetrazole rings is 1. The molecule has 0 aromatic carbocycles. The molecule has 1 aromatic heterocycles. The largest absolute Gasteiger partial charge is 0.353 e. The van der Waals surface area contributed by atoms with E-state index < -0.39 is 0 Å². The van der Waals surface area contributed by atoms with Crippen molar-refractivity contribution in [2.24, 2.45) is 0 Å². The average Bonchev–Trinajstić information content (AvgIpc) is 3.08. The van der Waals surface area contributed by atoms with E-state index in [0.717, 1.165) is 30.8 Å². The van der Waals surface area contributed by atoms with E-state index in [1.807, 2.05) is 18.5 Å². The fraction of sp³-hybridized carbons (Fsp3) is 0.857. The van der Waals surface area contributed by atoms with Crippen LogP contribution in [0, 0.1) is 0 Å². The van der Waals surface area contributed by atoms with Gasteiger partial charge >= 0.3 is 0 Å². The molecule has 1 aliphatic carbocycles. The summed E-state index contributed by atoms with van der Waals surface area (Å²) in [5, 5.41) is 15.6. The minimum absolute atomic E-state index is 0.0573. The van der Waals surface area contributed by atoms with Gasteiger partial charge in [0.15, 0.2) is 0 Å². The predicted octanol–water partition coefficient (Wildman–Crippen LogP) is 2.57. The molecule has 2 rings (SSSR count). The van der Waals surface area contributed by atoms with Crippen LogP contribution in [0.25, 0.3) is 0 Å². The van der Waals surface area contributed by atoms with Gasteiger partial charge in [0.05, 0.1) is 11.3 Å². The van der Waals surface area contributed by atoms with Gasteiger partial charge < -0.3 is 5.32 Å². The van der Waals surface area contributed by atoms with Crippen molar-refractivity contribution >= 4 is 17.7 Å². The summed E-state index contributed by atoms with van der Waals surface area (Å²) in [6.07, 6.45) is 6.81. The van der Waals surface area contributed by atoms with E-state index in [1.54, 1.807) is 0 Å². The molecule has 2 atom stereocenters. The molecule has 0 radical (unpaired) electrons. The van der Waals surface area contributed by atoms with Gasteiger partial charge in [0, 0.05) is 6.04 Å². The normalized spacial score (nSPS) is 18.6. The second kappa shape index (κ2) is 7.77. The number of nitrogens with zero attached hydrogens (tertiary/aromatic N) is 4. The Labute approximate surface area is 130 Å². The lowest BCUT2D eigenvalue weighted by Crippen LogP contribution is -2.37. The van der Waals surface area contributed by atoms with Gasteiger partial charge in [0.25, 0.3) is 0 Å². The molecule has 1 saturated carbocycles. The lowest BCUT2D eigenvalue weighted by molar-refractivity contribution is -0.120. The smallest absolute Gasteiger partial charge is 0.233 e. The van der Waals surface area contributed by atoms with Gasteiger partial charge in [-0.2, -0.15) is 0 Å². The molecule has 118 valence electrons. The quantitative estimate of drug-likeness (QED) is 0.784. The highest BCUT2D eigenvalue weighted by atomic mass is 32.2. The highest BCUT2D eigenvalue weighted by Crippen LogP contribution is 2.32. The van der Waals surface area contributed by atoms with Crippen molar-refractivity contribution in [2.45, 2.75) is 81.8 Å². The van der Waals surface area contributed by atoms with Crippen LogP contribution in [0.2, 0.25) is 0 Å². The third-order valence-corrected chi connectivity index (χ3v) is 4.94. The molecule has 1 amide bonds. The fourth-order valence-corrected chi connectivity index (χ4v) is 3.59. The maximum absolute atomic E-state index is 12.2. The fourth-order valence-electron chi connectivity index (χ4n) is 2.72. The maximum atomic E-state index is 12.2. The zero-order chi connectivity index (χ0) is 15.2. The summed E-state index contributed by atoms with van der Waals surface area (Å²) in [6.45, 7) is 6.07. The molecule has 1 heterocycles. The first kappa shape index (κ1) is 16.3. The second-order valence-corrected chi connectivity index (χ2v) is 7.11. The van der Waals surface area contributed by atoms with Crippen LogP contribution in [-0.2, 0) is 4.79 Å². The molecule has 0 bridgehead atoms. The maximum Gasteiger partial charge on any atom is 0.233 e. The zero-order valence-corrected chi connectivity index (χ0v) is 13.9. The average molecular weight is 311 g/mol. The van der Waals surface area contributed by atoms with Crippen molar-refractivity contribution in [2.75, 3.05) is 0 Å². The van der Waals surface area contributed by atoms with Crippen LogP contribution in [0.1, 0.15) is 65.3 Å². The standard InChI is InChI=1S/C14H25N5OS/c1-4-7-10(2)15-13(20)11(3)21-14-16-17-18-19(14)12-8-5-6-9-12/h10-12H,4-9H2,1-3H3,(H,15,20). The zero-order valence-electron chi connectivity index (χ0n) is 13.1. The lowest BCUT2D eigenvalue weighted by Gasteiger charge is -2.17. The number of nitrogens with one attached hydrogen (secondary N) is 1. The van der Waals surface area contributed by atoms with Crippen LogP contribution in [0.4, 0.5) is 0 Å². The van der Waals surface area contributed by atoms with Crippen molar-refractivity contribution in [3.8, 4) is 0 Å². The van der Waals surface area contributed by atoms with E-state index in [2.05, 4.69) is 27.8 Å². The molecule has 6 nitrogen and oxygen atoms in total. The Balaban J connectivity index is 1.91. The van der Waals surface area contributed by atoms with Gasteiger partial charge in [0.1, 0.15) is 0 Å². The molecule has 7 heteroatoms. The third-order valence-electron chi connectivity index (χ3n) is 3.89. The highest BCUT2D eigenvalue weighted by molar-refractivity contribution is 8.00. The summed E-state index contributed by atoms with van der Waals surface area (Å²) in [7, 11) is 0. The SMILES string of the molecule is CCCC(C)NC(=O)C(C)Sc1nnnn1C1CCCC1. The Morgan fingerprint density at radius 1 is 1.43 bits per heavy atom. The summed E-state index contributed by atoms with van der Waals surface area (Å²) in [5.41, 5.74) is 0. The first-order valence-electron chi connectivity index (χ1n) is 7.86. The van der Waals surface area contributed by atoms with E-state index in [1.165, 1.54) is 24.6 Å². The van der Waals surface area contributed by atoms with Crippen LogP contribution < -0.4 is 5.32 Å². The second-order valence-electron chi connectivity index (χ2n) is 5.80. The molecular weight excluding hydrogens is 286 g/mol. The number of aromatic nitrogens is 4. The van der Waals surface area contributed by atoms with Crippen LogP contribution in [-0.4, -0.2) is 37.4 Å². The van der Waals surface area contributed by atoms with Crippen molar-refractivity contribution < 1.29 is 4.79 Å². The van der Waals surface area contributed by atoms with Crippen molar-refractivity contribution in [3.05, 3.63) is 0 Å². The summed E-state index contributed by atoms with van der Waals surface area (Å²) in [6, 6.07) is 0.619. The summed E-state index contributed by atoms with van der Waals surface area (Å²) < 4.78 is 1.90. The molecule has 0 spiro atoms. The molecule has 2 unspecified atom stereocenters. The van der Waals surface area contributed by atoms with E-state index >= 15 is 0 Å². The van der Waals surface area contributed by atoms with Crippen LogP contribution in [0.3, 0.4) is 0 Å². The number of carbonyl (C=O) groups excluding carboxylic acids is 1. The van der Waals surface area contributed by atoms with Gasteiger partial charge in [-0.15, -0.1) is 5.10 Å². The number of hydrogen-bond acceptors (Lipinski definition) is 5. The number of carbonyl (C=O) groups is 1. The molecule has 21 heavy (non-hydrogen) atoms. The number of rotatable bonds is 7. The van der Waals surface area contributed by atoms with E-state index in [-0.39, 0.29) is 17.2 Å². The van der Waals surface area contributed by atoms with Crippen molar-refractivity contribution in [3.63, 3.8) is 0 Å². The Morgan fingerprint density at radius 2 is 2.14 bits per heavy atom. The topological polar surface area (TPSA) is 72.7 Å². The van der Waals surface area contributed by atoms with Gasteiger partial charge in [0.2, 0.25) is 11.1 Å². The van der Waals surface area contributed by atoms with E-state index in [0.29, 0.717) is 6.04 Å². The van der Waals surface area contributed by atoms with Crippen molar-refractivity contribution in [1.82, 2.24) is 25.5 Å². The molecule has 0 aliphatic heterocycles. The molecule has 1 aromatic rings. The van der Waals surface area contributed by atoms with Crippen LogP contribution >= 0.6 is 11.8 Å². The summed E-state index contributed by atoms with van der Waals surface area (Å²) in [4.78, 5) is 12.2. The lowest BCUT2D eigenvalue weighted by atomic mass is 10.2. The van der Waals surface area contributed by atoms with Gasteiger partial charge in [-0.1, -0.05) is 37.9 Å². The molecule has 0 saturated heterocycles. The number of hydrogen-bond donors (Lipinski definition) is 1. The van der Waals surface area contributed by atoms with E-state index in [9.17, 15) is 4.79 Å². The molecule has 1 aliphatic rings. The molecule has 1 fully saturated rings.